The molecule has 0 amide bonds. The molecule has 6 heteroatoms. The molecular formula is C14H18F3NO2. The topological polar surface area (TPSA) is 52.3 Å². The molecule has 0 spiro atoms. The molecule has 1 aromatic carbocycles. The summed E-state index contributed by atoms with van der Waals surface area (Å²) in [5.41, 5.74) is 5.84. The summed E-state index contributed by atoms with van der Waals surface area (Å²) in [5, 5.41) is 0. The van der Waals surface area contributed by atoms with Crippen LogP contribution in [-0.4, -0.2) is 18.2 Å². The third-order valence-corrected chi connectivity index (χ3v) is 2.94. The van der Waals surface area contributed by atoms with E-state index in [1.165, 1.54) is 0 Å². The van der Waals surface area contributed by atoms with Gasteiger partial charge < -0.3 is 10.5 Å². The van der Waals surface area contributed by atoms with Crippen LogP contribution in [0.5, 0.6) is 0 Å². The molecule has 0 saturated carbocycles. The molecule has 0 saturated heterocycles. The third-order valence-electron chi connectivity index (χ3n) is 2.94. The quantitative estimate of drug-likeness (QED) is 0.819. The number of esters is 1. The summed E-state index contributed by atoms with van der Waals surface area (Å²) >= 11 is 0. The standard InChI is InChI=1S/C14H18F3NO2/c1-2-6-11(12(18)14(15,16)17)13(19)20-9-10-7-4-3-5-8-10/h3-5,7-8,11-12H,2,6,9,18H2,1H3/t11-,12-/m1/s1. The van der Waals surface area contributed by atoms with Crippen LogP contribution >= 0.6 is 0 Å². The van der Waals surface area contributed by atoms with Gasteiger partial charge in [0.05, 0.1) is 5.92 Å². The summed E-state index contributed by atoms with van der Waals surface area (Å²) in [5.74, 6) is -2.26. The van der Waals surface area contributed by atoms with Crippen molar-refractivity contribution in [1.29, 1.82) is 0 Å². The Bertz CT molecular complexity index is 420. The average molecular weight is 289 g/mol. The van der Waals surface area contributed by atoms with Crippen LogP contribution in [0, 0.1) is 5.92 Å². The molecule has 1 aromatic rings. The van der Waals surface area contributed by atoms with Gasteiger partial charge in [-0.1, -0.05) is 43.7 Å². The van der Waals surface area contributed by atoms with Crippen LogP contribution in [0.15, 0.2) is 30.3 Å². The van der Waals surface area contributed by atoms with E-state index in [0.29, 0.717) is 6.42 Å². The molecule has 3 nitrogen and oxygen atoms in total. The lowest BCUT2D eigenvalue weighted by Gasteiger charge is -2.24. The van der Waals surface area contributed by atoms with Gasteiger partial charge in [0.2, 0.25) is 0 Å². The predicted molar refractivity (Wildman–Crippen MR) is 68.7 cm³/mol. The molecule has 0 aliphatic rings. The smallest absolute Gasteiger partial charge is 0.404 e. The average Bonchev–Trinajstić information content (AvgIpc) is 2.41. The first-order valence-electron chi connectivity index (χ1n) is 6.39. The second kappa shape index (κ2) is 7.28. The van der Waals surface area contributed by atoms with Crippen LogP contribution < -0.4 is 5.73 Å². The van der Waals surface area contributed by atoms with E-state index < -0.39 is 24.1 Å². The van der Waals surface area contributed by atoms with E-state index >= 15 is 0 Å². The van der Waals surface area contributed by atoms with Crippen molar-refractivity contribution in [2.45, 2.75) is 38.6 Å². The van der Waals surface area contributed by atoms with Crippen LogP contribution in [0.3, 0.4) is 0 Å². The number of benzene rings is 1. The van der Waals surface area contributed by atoms with Crippen molar-refractivity contribution in [2.75, 3.05) is 0 Å². The van der Waals surface area contributed by atoms with Gasteiger partial charge in [-0.15, -0.1) is 0 Å². The highest BCUT2D eigenvalue weighted by atomic mass is 19.4. The molecule has 2 atom stereocenters. The Balaban J connectivity index is 2.65. The summed E-state index contributed by atoms with van der Waals surface area (Å²) < 4.78 is 42.8. The zero-order valence-electron chi connectivity index (χ0n) is 11.2. The van der Waals surface area contributed by atoms with Gasteiger partial charge in [0.15, 0.2) is 0 Å². The van der Waals surface area contributed by atoms with Gasteiger partial charge >= 0.3 is 12.1 Å². The molecule has 0 aromatic heterocycles. The van der Waals surface area contributed by atoms with Crippen molar-refractivity contribution in [3.8, 4) is 0 Å². The van der Waals surface area contributed by atoms with Crippen LogP contribution in [0.2, 0.25) is 0 Å². The number of halogens is 3. The van der Waals surface area contributed by atoms with Crippen molar-refractivity contribution in [3.05, 3.63) is 35.9 Å². The molecule has 20 heavy (non-hydrogen) atoms. The van der Waals surface area contributed by atoms with E-state index in [1.54, 1.807) is 37.3 Å². The lowest BCUT2D eigenvalue weighted by atomic mass is 9.95. The number of hydrogen-bond donors (Lipinski definition) is 1. The van der Waals surface area contributed by atoms with E-state index in [2.05, 4.69) is 0 Å². The third kappa shape index (κ3) is 4.85. The fourth-order valence-electron chi connectivity index (χ4n) is 1.82. The van der Waals surface area contributed by atoms with Crippen LogP contribution in [0.25, 0.3) is 0 Å². The summed E-state index contributed by atoms with van der Waals surface area (Å²) in [6, 6.07) is 6.58. The molecule has 0 aliphatic heterocycles. The van der Waals surface area contributed by atoms with E-state index in [-0.39, 0.29) is 13.0 Å². The maximum absolute atomic E-state index is 12.6. The zero-order chi connectivity index (χ0) is 15.2. The first-order valence-corrected chi connectivity index (χ1v) is 6.39. The highest BCUT2D eigenvalue weighted by Gasteiger charge is 2.45. The molecular weight excluding hydrogens is 271 g/mol. The Morgan fingerprint density at radius 1 is 1.30 bits per heavy atom. The number of carbonyl (C=O) groups excluding carboxylic acids is 1. The van der Waals surface area contributed by atoms with Gasteiger partial charge in [0.1, 0.15) is 12.6 Å². The highest BCUT2D eigenvalue weighted by molar-refractivity contribution is 5.73. The molecule has 0 fully saturated rings. The summed E-state index contributed by atoms with van der Waals surface area (Å²) in [4.78, 5) is 11.8. The number of nitrogens with two attached hydrogens (primary N) is 1. The Labute approximate surface area is 115 Å². The monoisotopic (exact) mass is 289 g/mol. The van der Waals surface area contributed by atoms with Gasteiger partial charge in [0.25, 0.3) is 0 Å². The largest absolute Gasteiger partial charge is 0.461 e. The van der Waals surface area contributed by atoms with Gasteiger partial charge in [-0.2, -0.15) is 13.2 Å². The van der Waals surface area contributed by atoms with Gasteiger partial charge in [0, 0.05) is 0 Å². The number of rotatable bonds is 6. The van der Waals surface area contributed by atoms with Gasteiger partial charge in [-0.05, 0) is 12.0 Å². The molecule has 0 heterocycles. The fourth-order valence-corrected chi connectivity index (χ4v) is 1.82. The zero-order valence-corrected chi connectivity index (χ0v) is 11.2. The summed E-state index contributed by atoms with van der Waals surface area (Å²) in [7, 11) is 0. The Hall–Kier alpha value is -1.56. The van der Waals surface area contributed by atoms with E-state index in [9.17, 15) is 18.0 Å². The maximum Gasteiger partial charge on any atom is 0.404 e. The Morgan fingerprint density at radius 2 is 1.90 bits per heavy atom. The molecule has 0 unspecified atom stereocenters. The Morgan fingerprint density at radius 3 is 2.40 bits per heavy atom. The minimum absolute atomic E-state index is 0.0499. The SMILES string of the molecule is CCC[C@@H](C(=O)OCc1ccccc1)[C@@H](N)C(F)(F)F. The molecule has 2 N–H and O–H groups in total. The van der Waals surface area contributed by atoms with Crippen molar-refractivity contribution in [2.24, 2.45) is 11.7 Å². The first-order chi connectivity index (χ1) is 9.36. The van der Waals surface area contributed by atoms with Crippen LogP contribution in [-0.2, 0) is 16.1 Å². The number of ether oxygens (including phenoxy) is 1. The predicted octanol–water partition coefficient (Wildman–Crippen LogP) is 3.04. The second-order valence-electron chi connectivity index (χ2n) is 4.56. The van der Waals surface area contributed by atoms with Crippen molar-refractivity contribution < 1.29 is 22.7 Å². The molecule has 0 bridgehead atoms. The molecule has 0 radical (unpaired) electrons. The van der Waals surface area contributed by atoms with Gasteiger partial charge in [-0.3, -0.25) is 4.79 Å². The fraction of sp³-hybridized carbons (Fsp3) is 0.500. The molecule has 112 valence electrons. The lowest BCUT2D eigenvalue weighted by Crippen LogP contribution is -2.47. The molecule has 0 aliphatic carbocycles. The van der Waals surface area contributed by atoms with Crippen molar-refractivity contribution >= 4 is 5.97 Å². The number of hydrogen-bond acceptors (Lipinski definition) is 3. The highest BCUT2D eigenvalue weighted by Crippen LogP contribution is 2.27. The Kier molecular flexibility index (Phi) is 6.01. The lowest BCUT2D eigenvalue weighted by molar-refractivity contribution is -0.177. The van der Waals surface area contributed by atoms with E-state index in [1.807, 2.05) is 0 Å². The summed E-state index contributed by atoms with van der Waals surface area (Å²) in [6.07, 6.45) is -4.13. The van der Waals surface area contributed by atoms with Crippen molar-refractivity contribution in [1.82, 2.24) is 0 Å². The number of carbonyl (C=O) groups is 1. The molecule has 1 rings (SSSR count). The number of alkyl halides is 3. The summed E-state index contributed by atoms with van der Waals surface area (Å²) in [6.45, 7) is 1.64. The van der Waals surface area contributed by atoms with Crippen molar-refractivity contribution in [3.63, 3.8) is 0 Å². The maximum atomic E-state index is 12.6. The van der Waals surface area contributed by atoms with Crippen LogP contribution in [0.1, 0.15) is 25.3 Å². The van der Waals surface area contributed by atoms with E-state index in [4.69, 9.17) is 10.5 Å². The first kappa shape index (κ1) is 16.5. The minimum Gasteiger partial charge on any atom is -0.461 e. The second-order valence-corrected chi connectivity index (χ2v) is 4.56. The van der Waals surface area contributed by atoms with Gasteiger partial charge in [-0.25, -0.2) is 0 Å². The van der Waals surface area contributed by atoms with E-state index in [0.717, 1.165) is 5.56 Å². The minimum atomic E-state index is -4.61. The normalized spacial score (nSPS) is 14.7. The van der Waals surface area contributed by atoms with Crippen LogP contribution in [0.4, 0.5) is 13.2 Å².